The van der Waals surface area contributed by atoms with Crippen LogP contribution < -0.4 is 10.1 Å². The van der Waals surface area contributed by atoms with Gasteiger partial charge in [-0.2, -0.15) is 0 Å². The fourth-order valence-corrected chi connectivity index (χ4v) is 1.64. The van der Waals surface area contributed by atoms with Crippen LogP contribution in [-0.2, 0) is 0 Å². The molecule has 17 heavy (non-hydrogen) atoms. The van der Waals surface area contributed by atoms with Gasteiger partial charge in [-0.1, -0.05) is 11.6 Å². The Kier molecular flexibility index (Phi) is 3.66. The van der Waals surface area contributed by atoms with Crippen LogP contribution in [0.15, 0.2) is 30.5 Å². The molecule has 0 amide bonds. The molecule has 2 rings (SSSR count). The molecule has 0 spiro atoms. The molecule has 6 heteroatoms. The minimum Gasteiger partial charge on any atom is -0.495 e. The number of nitrogens with one attached hydrogen (secondary N) is 1. The number of nitrogens with zero attached hydrogens (tertiary/aromatic N) is 2. The van der Waals surface area contributed by atoms with Crippen LogP contribution in [0.25, 0.3) is 0 Å². The fourth-order valence-electron chi connectivity index (χ4n) is 1.32. The van der Waals surface area contributed by atoms with Crippen LogP contribution in [-0.4, -0.2) is 17.1 Å². The Hall–Kier alpha value is -1.52. The van der Waals surface area contributed by atoms with E-state index in [-0.39, 0.29) is 5.28 Å². The lowest BCUT2D eigenvalue weighted by atomic mass is 10.3. The molecule has 1 heterocycles. The zero-order chi connectivity index (χ0) is 12.3. The van der Waals surface area contributed by atoms with E-state index in [1.54, 1.807) is 37.6 Å². The largest absolute Gasteiger partial charge is 0.495 e. The number of rotatable bonds is 3. The van der Waals surface area contributed by atoms with E-state index in [0.717, 1.165) is 5.69 Å². The summed E-state index contributed by atoms with van der Waals surface area (Å²) in [4.78, 5) is 7.82. The van der Waals surface area contributed by atoms with Crippen LogP contribution in [0.4, 0.5) is 11.5 Å². The molecule has 4 nitrogen and oxygen atoms in total. The molecule has 0 bridgehead atoms. The summed E-state index contributed by atoms with van der Waals surface area (Å²) in [5, 5.41) is 3.84. The van der Waals surface area contributed by atoms with Gasteiger partial charge in [-0.15, -0.1) is 0 Å². The van der Waals surface area contributed by atoms with E-state index in [1.165, 1.54) is 0 Å². The van der Waals surface area contributed by atoms with Crippen molar-refractivity contribution in [2.24, 2.45) is 0 Å². The minimum absolute atomic E-state index is 0.177. The van der Waals surface area contributed by atoms with Gasteiger partial charge in [0, 0.05) is 11.2 Å². The van der Waals surface area contributed by atoms with E-state index in [4.69, 9.17) is 27.9 Å². The van der Waals surface area contributed by atoms with Crippen LogP contribution in [0.3, 0.4) is 0 Å². The quantitative estimate of drug-likeness (QED) is 0.866. The predicted octanol–water partition coefficient (Wildman–Crippen LogP) is 3.54. The standard InChI is InChI=1S/C11H9Cl2N3O/c1-17-9-3-2-7(12)6-8(9)15-10-4-5-14-11(13)16-10/h2-6H,1H3,(H,14,15,16). The molecule has 1 aromatic carbocycles. The van der Waals surface area contributed by atoms with Gasteiger partial charge in [-0.05, 0) is 35.9 Å². The molecule has 1 N–H and O–H groups in total. The minimum atomic E-state index is 0.177. The SMILES string of the molecule is COc1ccc(Cl)cc1Nc1ccnc(Cl)n1. The molecule has 0 aliphatic heterocycles. The molecule has 2 aromatic rings. The highest BCUT2D eigenvalue weighted by atomic mass is 35.5. The van der Waals surface area contributed by atoms with Crippen LogP contribution in [0.5, 0.6) is 5.75 Å². The average molecular weight is 270 g/mol. The first-order valence-corrected chi connectivity index (χ1v) is 5.54. The van der Waals surface area contributed by atoms with Crippen LogP contribution >= 0.6 is 23.2 Å². The van der Waals surface area contributed by atoms with Gasteiger partial charge in [0.05, 0.1) is 12.8 Å². The number of aromatic nitrogens is 2. The number of hydrogen-bond acceptors (Lipinski definition) is 4. The van der Waals surface area contributed by atoms with Crippen molar-refractivity contribution in [2.75, 3.05) is 12.4 Å². The second kappa shape index (κ2) is 5.21. The van der Waals surface area contributed by atoms with Gasteiger partial charge in [0.2, 0.25) is 5.28 Å². The number of benzene rings is 1. The van der Waals surface area contributed by atoms with Crippen LogP contribution in [0.2, 0.25) is 10.3 Å². The number of ether oxygens (including phenoxy) is 1. The first kappa shape index (κ1) is 12.0. The number of methoxy groups -OCH3 is 1. The lowest BCUT2D eigenvalue weighted by Gasteiger charge is -2.10. The van der Waals surface area contributed by atoms with Crippen LogP contribution in [0, 0.1) is 0 Å². The van der Waals surface area contributed by atoms with Crippen molar-refractivity contribution in [3.05, 3.63) is 40.8 Å². The number of anilines is 2. The number of hydrogen-bond donors (Lipinski definition) is 1. The van der Waals surface area contributed by atoms with Gasteiger partial charge in [0.15, 0.2) is 0 Å². The first-order valence-electron chi connectivity index (χ1n) is 4.78. The summed E-state index contributed by atoms with van der Waals surface area (Å²) in [6, 6.07) is 6.97. The van der Waals surface area contributed by atoms with Gasteiger partial charge in [0.25, 0.3) is 0 Å². The molecular formula is C11H9Cl2N3O. The molecule has 0 saturated heterocycles. The average Bonchev–Trinajstić information content (AvgIpc) is 2.29. The molecule has 0 unspecified atom stereocenters. The lowest BCUT2D eigenvalue weighted by molar-refractivity contribution is 0.417. The summed E-state index contributed by atoms with van der Waals surface area (Å²) in [5.41, 5.74) is 0.717. The second-order valence-electron chi connectivity index (χ2n) is 3.18. The lowest BCUT2D eigenvalue weighted by Crippen LogP contribution is -1.97. The maximum atomic E-state index is 5.92. The maximum Gasteiger partial charge on any atom is 0.224 e. The Bertz CT molecular complexity index is 534. The van der Waals surface area contributed by atoms with Gasteiger partial charge < -0.3 is 10.1 Å². The van der Waals surface area contributed by atoms with Crippen molar-refractivity contribution in [1.82, 2.24) is 9.97 Å². The van der Waals surface area contributed by atoms with Gasteiger partial charge in [0.1, 0.15) is 11.6 Å². The summed E-state index contributed by atoms with van der Waals surface area (Å²) in [5.74, 6) is 1.25. The molecule has 88 valence electrons. The third-order valence-corrected chi connectivity index (χ3v) is 2.47. The number of halogens is 2. The van der Waals surface area contributed by atoms with Gasteiger partial charge in [-0.3, -0.25) is 0 Å². The third-order valence-electron chi connectivity index (χ3n) is 2.05. The van der Waals surface area contributed by atoms with E-state index >= 15 is 0 Å². The maximum absolute atomic E-state index is 5.92. The molecular weight excluding hydrogens is 261 g/mol. The smallest absolute Gasteiger partial charge is 0.224 e. The summed E-state index contributed by atoms with van der Waals surface area (Å²) in [6.45, 7) is 0. The highest BCUT2D eigenvalue weighted by Gasteiger charge is 2.05. The fraction of sp³-hybridized carbons (Fsp3) is 0.0909. The molecule has 1 aromatic heterocycles. The van der Waals surface area contributed by atoms with Crippen LogP contribution in [0.1, 0.15) is 0 Å². The Balaban J connectivity index is 2.32. The van der Waals surface area contributed by atoms with E-state index < -0.39 is 0 Å². The van der Waals surface area contributed by atoms with E-state index in [2.05, 4.69) is 15.3 Å². The van der Waals surface area contributed by atoms with Crippen molar-refractivity contribution >= 4 is 34.7 Å². The molecule has 0 aliphatic rings. The Morgan fingerprint density at radius 2 is 2.06 bits per heavy atom. The normalized spacial score (nSPS) is 10.1. The third kappa shape index (κ3) is 2.99. The zero-order valence-corrected chi connectivity index (χ0v) is 10.5. The van der Waals surface area contributed by atoms with Crippen molar-refractivity contribution in [2.45, 2.75) is 0 Å². The highest BCUT2D eigenvalue weighted by Crippen LogP contribution is 2.29. The zero-order valence-electron chi connectivity index (χ0n) is 8.95. The summed E-state index contributed by atoms with van der Waals surface area (Å²) in [7, 11) is 1.58. The molecule has 0 saturated carbocycles. The predicted molar refractivity (Wildman–Crippen MR) is 68.3 cm³/mol. The summed E-state index contributed by atoms with van der Waals surface area (Å²) in [6.07, 6.45) is 1.56. The Labute approximate surface area is 109 Å². The van der Waals surface area contributed by atoms with Crippen molar-refractivity contribution in [3.8, 4) is 5.75 Å². The summed E-state index contributed by atoms with van der Waals surface area (Å²) < 4.78 is 5.21. The molecule has 0 aliphatic carbocycles. The van der Waals surface area contributed by atoms with Crippen molar-refractivity contribution in [3.63, 3.8) is 0 Å². The summed E-state index contributed by atoms with van der Waals surface area (Å²) >= 11 is 11.6. The van der Waals surface area contributed by atoms with Gasteiger partial charge in [-0.25, -0.2) is 9.97 Å². The van der Waals surface area contributed by atoms with E-state index in [1.807, 2.05) is 0 Å². The molecule has 0 atom stereocenters. The van der Waals surface area contributed by atoms with E-state index in [9.17, 15) is 0 Å². The Morgan fingerprint density at radius 1 is 1.24 bits per heavy atom. The monoisotopic (exact) mass is 269 g/mol. The first-order chi connectivity index (χ1) is 8.19. The second-order valence-corrected chi connectivity index (χ2v) is 3.96. The highest BCUT2D eigenvalue weighted by molar-refractivity contribution is 6.31. The molecule has 0 radical (unpaired) electrons. The topological polar surface area (TPSA) is 47.0 Å². The van der Waals surface area contributed by atoms with E-state index in [0.29, 0.717) is 16.6 Å². The Morgan fingerprint density at radius 3 is 2.76 bits per heavy atom. The molecule has 0 fully saturated rings. The van der Waals surface area contributed by atoms with Crippen molar-refractivity contribution < 1.29 is 4.74 Å². The van der Waals surface area contributed by atoms with Gasteiger partial charge >= 0.3 is 0 Å². The van der Waals surface area contributed by atoms with Crippen molar-refractivity contribution in [1.29, 1.82) is 0 Å².